The molecule has 0 unspecified atom stereocenters. The Hall–Kier alpha value is -4.89. The lowest BCUT2D eigenvalue weighted by atomic mass is 9.95. The fraction of sp³-hybridized carbons (Fsp3) is 0. The second kappa shape index (κ2) is 8.40. The van der Waals surface area contributed by atoms with E-state index in [1.807, 2.05) is 30.3 Å². The van der Waals surface area contributed by atoms with Crippen LogP contribution in [0.5, 0.6) is 0 Å². The fourth-order valence-corrected chi connectivity index (χ4v) is 5.01. The Kier molecular flexibility index (Phi) is 4.53. The van der Waals surface area contributed by atoms with Gasteiger partial charge in [0.2, 0.25) is 0 Å². The van der Waals surface area contributed by atoms with Crippen molar-refractivity contribution >= 4 is 22.0 Å². The molecular formula is C33H22N2O. The maximum absolute atomic E-state index is 8.02. The zero-order valence-corrected chi connectivity index (χ0v) is 19.4. The minimum absolute atomic E-state index is 0.419. The summed E-state index contributed by atoms with van der Waals surface area (Å²) in [4.78, 5) is 5.13. The number of furan rings is 1. The first-order valence-corrected chi connectivity index (χ1v) is 12.0. The van der Waals surface area contributed by atoms with Gasteiger partial charge in [-0.2, -0.15) is 0 Å². The van der Waals surface area contributed by atoms with E-state index in [2.05, 4.69) is 83.4 Å². The van der Waals surface area contributed by atoms with Gasteiger partial charge in [0.15, 0.2) is 0 Å². The van der Waals surface area contributed by atoms with Crippen molar-refractivity contribution < 1.29 is 5.79 Å². The number of benzene rings is 5. The fourth-order valence-electron chi connectivity index (χ4n) is 5.01. The van der Waals surface area contributed by atoms with Gasteiger partial charge in [-0.3, -0.25) is 4.57 Å². The highest BCUT2D eigenvalue weighted by Gasteiger charge is 2.23. The van der Waals surface area contributed by atoms with E-state index in [4.69, 9.17) is 10.8 Å². The maximum atomic E-state index is 8.02. The molecular weight excluding hydrogens is 440 g/mol. The van der Waals surface area contributed by atoms with Crippen molar-refractivity contribution in [2.45, 2.75) is 0 Å². The lowest BCUT2D eigenvalue weighted by Gasteiger charge is -2.19. The first-order chi connectivity index (χ1) is 18.3. The van der Waals surface area contributed by atoms with Crippen LogP contribution in [0.15, 0.2) is 138 Å². The summed E-state index contributed by atoms with van der Waals surface area (Å²) in [6, 6.07) is 41.6. The van der Waals surface area contributed by atoms with Gasteiger partial charge in [-0.05, 0) is 29.3 Å². The number of nitrogens with zero attached hydrogens (tertiary/aromatic N) is 2. The van der Waals surface area contributed by atoms with Crippen molar-refractivity contribution in [2.75, 3.05) is 0 Å². The lowest BCUT2D eigenvalue weighted by Crippen LogP contribution is -2.03. The van der Waals surface area contributed by atoms with Crippen LogP contribution in [0.25, 0.3) is 61.3 Å². The van der Waals surface area contributed by atoms with E-state index in [1.165, 1.54) is 0 Å². The van der Waals surface area contributed by atoms with Crippen molar-refractivity contribution in [3.8, 4) is 39.3 Å². The van der Waals surface area contributed by atoms with Crippen LogP contribution in [0.2, 0.25) is 0 Å². The third-order valence-corrected chi connectivity index (χ3v) is 6.65. The van der Waals surface area contributed by atoms with Gasteiger partial charge in [0.1, 0.15) is 17.7 Å². The first kappa shape index (κ1) is 19.4. The molecule has 0 spiro atoms. The van der Waals surface area contributed by atoms with E-state index in [9.17, 15) is 0 Å². The molecule has 0 fully saturated rings. The largest absolute Gasteiger partial charge is 0.464 e. The summed E-state index contributed by atoms with van der Waals surface area (Å²) >= 11 is 0. The Morgan fingerprint density at radius 3 is 2.00 bits per heavy atom. The molecule has 0 radical (unpaired) electrons. The molecule has 0 N–H and O–H groups in total. The molecule has 7 aromatic rings. The Morgan fingerprint density at radius 1 is 0.611 bits per heavy atom. The third kappa shape index (κ3) is 3.25. The van der Waals surface area contributed by atoms with Gasteiger partial charge in [-0.25, -0.2) is 4.98 Å². The molecule has 5 aromatic carbocycles. The Balaban J connectivity index is 1.62. The predicted octanol–water partition coefficient (Wildman–Crippen LogP) is 8.77. The van der Waals surface area contributed by atoms with Crippen molar-refractivity contribution in [1.82, 2.24) is 9.55 Å². The van der Waals surface area contributed by atoms with Crippen LogP contribution in [0.3, 0.4) is 0 Å². The highest BCUT2D eigenvalue weighted by atomic mass is 16.3. The molecule has 3 heteroatoms. The molecule has 2 heterocycles. The number of imidazole rings is 1. The van der Waals surface area contributed by atoms with Gasteiger partial charge in [0, 0.05) is 16.5 Å². The molecule has 170 valence electrons. The summed E-state index contributed by atoms with van der Waals surface area (Å²) in [7, 11) is 0. The molecule has 3 nitrogen and oxygen atoms in total. The summed E-state index contributed by atoms with van der Waals surface area (Å²) < 4.78 is 16.2. The van der Waals surface area contributed by atoms with Crippen LogP contribution in [-0.2, 0) is 0 Å². The van der Waals surface area contributed by atoms with Crippen molar-refractivity contribution in [1.29, 1.82) is 0 Å². The second-order valence-corrected chi connectivity index (χ2v) is 8.76. The Morgan fingerprint density at radius 2 is 1.28 bits per heavy atom. The van der Waals surface area contributed by atoms with Crippen molar-refractivity contribution in [3.05, 3.63) is 134 Å². The lowest BCUT2D eigenvalue weighted by molar-refractivity contribution is 0.616. The Bertz CT molecular complexity index is 1830. The zero-order valence-electron chi connectivity index (χ0n) is 20.4. The van der Waals surface area contributed by atoms with E-state index in [-0.39, 0.29) is 0 Å². The first-order valence-electron chi connectivity index (χ1n) is 12.5. The van der Waals surface area contributed by atoms with Gasteiger partial charge < -0.3 is 4.42 Å². The van der Waals surface area contributed by atoms with Crippen molar-refractivity contribution in [2.24, 2.45) is 0 Å². The standard InChI is InChI=1S/C33H22N2O/c1-3-12-23(13-4-1)25-17-11-18-26(24-14-5-2-6-15-24)32(25)35-30-20-9-8-19-29(30)34-33(35)28-22-36-31-21-10-7-16-27(28)31/h1-22H/i10D. The molecule has 0 saturated heterocycles. The van der Waals surface area contributed by atoms with E-state index >= 15 is 0 Å². The van der Waals surface area contributed by atoms with Crippen LogP contribution in [-0.4, -0.2) is 9.55 Å². The number of fused-ring (bicyclic) bond motifs is 2. The highest BCUT2D eigenvalue weighted by molar-refractivity contribution is 5.97. The molecule has 0 saturated carbocycles. The number of rotatable bonds is 4. The van der Waals surface area contributed by atoms with Gasteiger partial charge >= 0.3 is 0 Å². The molecule has 0 aliphatic rings. The average molecular weight is 464 g/mol. The molecule has 0 amide bonds. The average Bonchev–Trinajstić information content (AvgIpc) is 3.54. The molecule has 0 bridgehead atoms. The SMILES string of the molecule is [2H]c1ccc2c(-c3nc4ccccc4n3-c3c(-c4ccccc4)cccc3-c3ccccc3)coc2c1. The van der Waals surface area contributed by atoms with E-state index < -0.39 is 0 Å². The van der Waals surface area contributed by atoms with Crippen LogP contribution in [0.1, 0.15) is 1.37 Å². The smallest absolute Gasteiger partial charge is 0.149 e. The number of para-hydroxylation sites is 4. The van der Waals surface area contributed by atoms with Gasteiger partial charge in [0.25, 0.3) is 0 Å². The molecule has 0 aliphatic carbocycles. The molecule has 0 aliphatic heterocycles. The van der Waals surface area contributed by atoms with E-state index in [1.54, 1.807) is 18.4 Å². The minimum atomic E-state index is 0.419. The third-order valence-electron chi connectivity index (χ3n) is 6.65. The van der Waals surface area contributed by atoms with Crippen LogP contribution >= 0.6 is 0 Å². The van der Waals surface area contributed by atoms with E-state index in [0.717, 1.165) is 55.7 Å². The maximum Gasteiger partial charge on any atom is 0.149 e. The summed E-state index contributed by atoms with van der Waals surface area (Å²) in [5.74, 6) is 0.804. The quantitative estimate of drug-likeness (QED) is 0.261. The van der Waals surface area contributed by atoms with Crippen LogP contribution in [0, 0.1) is 0 Å². The predicted molar refractivity (Wildman–Crippen MR) is 147 cm³/mol. The normalized spacial score (nSPS) is 11.7. The van der Waals surface area contributed by atoms with Crippen molar-refractivity contribution in [3.63, 3.8) is 0 Å². The zero-order chi connectivity index (χ0) is 24.8. The summed E-state index contributed by atoms with van der Waals surface area (Å²) in [5, 5.41) is 0.936. The molecule has 0 atom stereocenters. The number of hydrogen-bond donors (Lipinski definition) is 0. The highest BCUT2D eigenvalue weighted by Crippen LogP contribution is 2.41. The van der Waals surface area contributed by atoms with Gasteiger partial charge in [-0.1, -0.05) is 109 Å². The van der Waals surface area contributed by atoms with Crippen LogP contribution < -0.4 is 0 Å². The number of aromatic nitrogens is 2. The molecule has 7 rings (SSSR count). The topological polar surface area (TPSA) is 31.0 Å². The summed E-state index contributed by atoms with van der Waals surface area (Å²) in [5.41, 5.74) is 9.07. The van der Waals surface area contributed by atoms with E-state index in [0.29, 0.717) is 11.6 Å². The number of hydrogen-bond acceptors (Lipinski definition) is 2. The Labute approximate surface area is 210 Å². The minimum Gasteiger partial charge on any atom is -0.464 e. The van der Waals surface area contributed by atoms with Crippen LogP contribution in [0.4, 0.5) is 0 Å². The van der Waals surface area contributed by atoms with Gasteiger partial charge in [-0.15, -0.1) is 0 Å². The molecule has 36 heavy (non-hydrogen) atoms. The monoisotopic (exact) mass is 463 g/mol. The molecule has 2 aromatic heterocycles. The summed E-state index contributed by atoms with van der Waals surface area (Å²) in [6.07, 6.45) is 1.76. The summed E-state index contributed by atoms with van der Waals surface area (Å²) in [6.45, 7) is 0. The second-order valence-electron chi connectivity index (χ2n) is 8.76. The van der Waals surface area contributed by atoms with Gasteiger partial charge in [0.05, 0.1) is 23.7 Å².